The third kappa shape index (κ3) is 4.93. The van der Waals surface area contributed by atoms with E-state index >= 15 is 0 Å². The highest BCUT2D eigenvalue weighted by Crippen LogP contribution is 2.34. The van der Waals surface area contributed by atoms with Crippen LogP contribution in [0.4, 0.5) is 0 Å². The standard InChI is InChI=1S/C10H13BrClNO3S/c1-2-16-9(14)5-15-4-7(13)8-3-6(12)10(11)17-8/h3,7H,2,4-5,13H2,1H3. The molecule has 0 fully saturated rings. The SMILES string of the molecule is CCOC(=O)COCC(N)c1cc(Cl)c(Br)s1. The Morgan fingerprint density at radius 1 is 1.71 bits per heavy atom. The van der Waals surface area contributed by atoms with Gasteiger partial charge in [0.2, 0.25) is 0 Å². The van der Waals surface area contributed by atoms with Crippen molar-refractivity contribution in [2.24, 2.45) is 5.73 Å². The molecule has 4 nitrogen and oxygen atoms in total. The van der Waals surface area contributed by atoms with E-state index in [1.165, 1.54) is 11.3 Å². The maximum Gasteiger partial charge on any atom is 0.332 e. The fourth-order valence-corrected chi connectivity index (χ4v) is 2.83. The van der Waals surface area contributed by atoms with Crippen molar-refractivity contribution in [3.63, 3.8) is 0 Å². The lowest BCUT2D eigenvalue weighted by molar-refractivity contribution is -0.148. The Kier molecular flexibility index (Phi) is 6.43. The Morgan fingerprint density at radius 2 is 2.41 bits per heavy atom. The molecule has 96 valence electrons. The molecule has 1 unspecified atom stereocenters. The van der Waals surface area contributed by atoms with Crippen LogP contribution in [0, 0.1) is 0 Å². The van der Waals surface area contributed by atoms with Gasteiger partial charge in [-0.3, -0.25) is 0 Å². The second-order valence-corrected chi connectivity index (χ2v) is 6.01. The number of esters is 1. The number of hydrogen-bond acceptors (Lipinski definition) is 5. The molecule has 0 aliphatic carbocycles. The van der Waals surface area contributed by atoms with Gasteiger partial charge in [0.05, 0.1) is 28.1 Å². The van der Waals surface area contributed by atoms with E-state index in [2.05, 4.69) is 15.9 Å². The zero-order valence-corrected chi connectivity index (χ0v) is 12.4. The molecule has 0 aliphatic rings. The van der Waals surface area contributed by atoms with Gasteiger partial charge in [-0.2, -0.15) is 0 Å². The quantitative estimate of drug-likeness (QED) is 0.808. The van der Waals surface area contributed by atoms with Crippen molar-refractivity contribution in [1.82, 2.24) is 0 Å². The summed E-state index contributed by atoms with van der Waals surface area (Å²) in [5, 5.41) is 0.630. The lowest BCUT2D eigenvalue weighted by Gasteiger charge is -2.09. The molecule has 1 rings (SSSR count). The zero-order valence-electron chi connectivity index (χ0n) is 9.24. The van der Waals surface area contributed by atoms with Gasteiger partial charge in [0.15, 0.2) is 0 Å². The molecule has 0 aromatic carbocycles. The first-order chi connectivity index (χ1) is 8.04. The molecule has 0 bridgehead atoms. The largest absolute Gasteiger partial charge is 0.464 e. The smallest absolute Gasteiger partial charge is 0.332 e. The van der Waals surface area contributed by atoms with Crippen LogP contribution in [0.2, 0.25) is 5.02 Å². The average molecular weight is 343 g/mol. The summed E-state index contributed by atoms with van der Waals surface area (Å²) < 4.78 is 10.7. The third-order valence-electron chi connectivity index (χ3n) is 1.85. The number of carbonyl (C=O) groups is 1. The molecule has 0 aliphatic heterocycles. The summed E-state index contributed by atoms with van der Waals surface area (Å²) in [4.78, 5) is 11.9. The minimum Gasteiger partial charge on any atom is -0.464 e. The predicted molar refractivity (Wildman–Crippen MR) is 71.4 cm³/mol. The molecule has 7 heteroatoms. The number of halogens is 2. The number of carbonyl (C=O) groups excluding carboxylic acids is 1. The third-order valence-corrected chi connectivity index (χ3v) is 4.46. The monoisotopic (exact) mass is 341 g/mol. The van der Waals surface area contributed by atoms with Crippen molar-refractivity contribution >= 4 is 44.8 Å². The number of rotatable bonds is 6. The van der Waals surface area contributed by atoms with Crippen LogP contribution in [0.15, 0.2) is 9.85 Å². The van der Waals surface area contributed by atoms with Crippen molar-refractivity contribution in [1.29, 1.82) is 0 Å². The Bertz CT molecular complexity index is 366. The summed E-state index contributed by atoms with van der Waals surface area (Å²) in [7, 11) is 0. The summed E-state index contributed by atoms with van der Waals surface area (Å²) in [6.07, 6.45) is 0. The molecular formula is C10H13BrClNO3S. The van der Waals surface area contributed by atoms with Gasteiger partial charge in [0, 0.05) is 4.88 Å². The highest BCUT2D eigenvalue weighted by Gasteiger charge is 2.13. The summed E-state index contributed by atoms with van der Waals surface area (Å²) in [6, 6.07) is 1.49. The maximum absolute atomic E-state index is 11.0. The van der Waals surface area contributed by atoms with Gasteiger partial charge in [-0.25, -0.2) is 4.79 Å². The normalized spacial score (nSPS) is 12.5. The molecule has 0 saturated heterocycles. The van der Waals surface area contributed by atoms with Gasteiger partial charge in [-0.15, -0.1) is 11.3 Å². The van der Waals surface area contributed by atoms with Crippen molar-refractivity contribution in [3.8, 4) is 0 Å². The van der Waals surface area contributed by atoms with E-state index in [4.69, 9.17) is 26.8 Å². The highest BCUT2D eigenvalue weighted by molar-refractivity contribution is 9.11. The molecule has 0 amide bonds. The molecule has 0 radical (unpaired) electrons. The second kappa shape index (κ2) is 7.33. The molecule has 2 N–H and O–H groups in total. The van der Waals surface area contributed by atoms with E-state index in [-0.39, 0.29) is 25.2 Å². The minimum absolute atomic E-state index is 0.0815. The first kappa shape index (κ1) is 14.9. The van der Waals surface area contributed by atoms with E-state index in [1.807, 2.05) is 0 Å². The lowest BCUT2D eigenvalue weighted by atomic mass is 10.3. The van der Waals surface area contributed by atoms with Crippen LogP contribution in [0.3, 0.4) is 0 Å². The highest BCUT2D eigenvalue weighted by atomic mass is 79.9. The summed E-state index contributed by atoms with van der Waals surface area (Å²) in [6.45, 7) is 2.26. The van der Waals surface area contributed by atoms with E-state index in [9.17, 15) is 4.79 Å². The van der Waals surface area contributed by atoms with Crippen LogP contribution in [0.1, 0.15) is 17.8 Å². The average Bonchev–Trinajstić information content (AvgIpc) is 2.59. The number of hydrogen-bond donors (Lipinski definition) is 1. The molecule has 1 aromatic heterocycles. The zero-order chi connectivity index (χ0) is 12.8. The van der Waals surface area contributed by atoms with Gasteiger partial charge < -0.3 is 15.2 Å². The molecule has 0 spiro atoms. The first-order valence-corrected chi connectivity index (χ1v) is 6.97. The fourth-order valence-electron chi connectivity index (χ4n) is 1.10. The Labute approximate surface area is 117 Å². The van der Waals surface area contributed by atoms with Crippen LogP contribution >= 0.6 is 38.9 Å². The summed E-state index contributed by atoms with van der Waals surface area (Å²) in [5.41, 5.74) is 5.89. The van der Waals surface area contributed by atoms with Crippen LogP contribution in [-0.2, 0) is 14.3 Å². The summed E-state index contributed by atoms with van der Waals surface area (Å²) in [5.74, 6) is -0.384. The van der Waals surface area contributed by atoms with Crippen molar-refractivity contribution in [2.75, 3.05) is 19.8 Å². The van der Waals surface area contributed by atoms with Crippen LogP contribution in [0.25, 0.3) is 0 Å². The van der Waals surface area contributed by atoms with Crippen LogP contribution < -0.4 is 5.73 Å². The molecule has 1 aromatic rings. The Morgan fingerprint density at radius 3 is 2.94 bits per heavy atom. The lowest BCUT2D eigenvalue weighted by Crippen LogP contribution is -2.20. The van der Waals surface area contributed by atoms with Gasteiger partial charge in [0.1, 0.15) is 6.61 Å². The van der Waals surface area contributed by atoms with Crippen molar-refractivity contribution < 1.29 is 14.3 Å². The molecule has 0 saturated carbocycles. The van der Waals surface area contributed by atoms with E-state index in [0.29, 0.717) is 11.6 Å². The van der Waals surface area contributed by atoms with E-state index in [1.54, 1.807) is 13.0 Å². The van der Waals surface area contributed by atoms with Crippen LogP contribution in [-0.4, -0.2) is 25.8 Å². The van der Waals surface area contributed by atoms with Crippen molar-refractivity contribution in [2.45, 2.75) is 13.0 Å². The predicted octanol–water partition coefficient (Wildman–Crippen LogP) is 2.74. The topological polar surface area (TPSA) is 61.5 Å². The van der Waals surface area contributed by atoms with Crippen LogP contribution in [0.5, 0.6) is 0 Å². The van der Waals surface area contributed by atoms with Gasteiger partial charge in [-0.1, -0.05) is 11.6 Å². The fraction of sp³-hybridized carbons (Fsp3) is 0.500. The maximum atomic E-state index is 11.0. The van der Waals surface area contributed by atoms with Gasteiger partial charge >= 0.3 is 5.97 Å². The first-order valence-electron chi connectivity index (χ1n) is 4.98. The Balaban J connectivity index is 2.34. The van der Waals surface area contributed by atoms with Gasteiger partial charge in [-0.05, 0) is 28.9 Å². The molecule has 1 heterocycles. The Hall–Kier alpha value is -0.140. The molecular weight excluding hydrogens is 330 g/mol. The number of thiophene rings is 1. The van der Waals surface area contributed by atoms with Crippen molar-refractivity contribution in [3.05, 3.63) is 19.8 Å². The second-order valence-electron chi connectivity index (χ2n) is 3.20. The molecule has 1 atom stereocenters. The summed E-state index contributed by atoms with van der Waals surface area (Å²) >= 11 is 10.7. The van der Waals surface area contributed by atoms with Gasteiger partial charge in [0.25, 0.3) is 0 Å². The van der Waals surface area contributed by atoms with E-state index < -0.39 is 0 Å². The minimum atomic E-state index is -0.384. The molecule has 17 heavy (non-hydrogen) atoms. The van der Waals surface area contributed by atoms with E-state index in [0.717, 1.165) is 8.66 Å². The number of ether oxygens (including phenoxy) is 2. The number of nitrogens with two attached hydrogens (primary N) is 1.